The van der Waals surface area contributed by atoms with Gasteiger partial charge in [-0.05, 0) is 12.1 Å². The second-order valence-electron chi connectivity index (χ2n) is 1.87. The van der Waals surface area contributed by atoms with Crippen molar-refractivity contribution in [1.82, 2.24) is 0 Å². The molecule has 0 spiro atoms. The van der Waals surface area contributed by atoms with Crippen molar-refractivity contribution in [2.24, 2.45) is 0 Å². The van der Waals surface area contributed by atoms with Crippen molar-refractivity contribution in [1.29, 1.82) is 10.7 Å². The van der Waals surface area contributed by atoms with Crippen molar-refractivity contribution >= 4 is 17.3 Å². The average molecular weight is 165 g/mol. The average Bonchev–Trinajstić information content (AvgIpc) is 2.04. The molecule has 0 aliphatic heterocycles. The number of hydrogen-bond acceptors (Lipinski definition) is 2. The van der Waals surface area contributed by atoms with Crippen molar-refractivity contribution in [3.8, 4) is 6.07 Å². The summed E-state index contributed by atoms with van der Waals surface area (Å²) in [6.45, 7) is 0. The highest BCUT2D eigenvalue weighted by molar-refractivity contribution is 6.30. The van der Waals surface area contributed by atoms with Gasteiger partial charge in [0.1, 0.15) is 11.6 Å². The third-order valence-corrected chi connectivity index (χ3v) is 1.42. The molecule has 0 radical (unpaired) electrons. The Bertz CT molecular complexity index is 359. The van der Waals surface area contributed by atoms with Crippen LogP contribution in [0, 0.1) is 16.7 Å². The Hall–Kier alpha value is -1.58. The van der Waals surface area contributed by atoms with E-state index in [2.05, 4.69) is 4.98 Å². The molecule has 11 heavy (non-hydrogen) atoms. The predicted molar refractivity (Wildman–Crippen MR) is 40.9 cm³/mol. The molecule has 0 aliphatic rings. The van der Waals surface area contributed by atoms with Crippen LogP contribution in [0.3, 0.4) is 0 Å². The van der Waals surface area contributed by atoms with Gasteiger partial charge in [-0.2, -0.15) is 5.26 Å². The summed E-state index contributed by atoms with van der Waals surface area (Å²) < 4.78 is 0. The lowest BCUT2D eigenvalue weighted by Gasteiger charge is -1.84. The molecule has 0 aliphatic carbocycles. The maximum absolute atomic E-state index is 8.48. The van der Waals surface area contributed by atoms with Gasteiger partial charge in [-0.15, -0.1) is 0 Å². The maximum atomic E-state index is 8.48. The van der Waals surface area contributed by atoms with Gasteiger partial charge in [0.15, 0.2) is 4.98 Å². The zero-order valence-corrected chi connectivity index (χ0v) is 6.21. The molecule has 0 fully saturated rings. The first kappa shape index (κ1) is 7.53. The monoisotopic (exact) mass is 164 g/mol. The zero-order valence-electron chi connectivity index (χ0n) is 5.45. The first-order valence-corrected chi connectivity index (χ1v) is 3.20. The molecule has 0 N–H and O–H groups in total. The summed E-state index contributed by atoms with van der Waals surface area (Å²) in [6.07, 6.45) is 0. The molecule has 0 heterocycles. The molecule has 0 unspecified atom stereocenters. The fourth-order valence-corrected chi connectivity index (χ4v) is 0.848. The van der Waals surface area contributed by atoms with Crippen LogP contribution < -0.4 is 0 Å². The molecule has 4 heteroatoms. The topological polar surface area (TPSA) is 51.9 Å². The molecule has 0 saturated carbocycles. The lowest BCUT2D eigenvalue weighted by molar-refractivity contribution is 1.43. The third kappa shape index (κ3) is 1.46. The van der Waals surface area contributed by atoms with Gasteiger partial charge < -0.3 is 0 Å². The molecular formula is C7H3ClN3+. The smallest absolute Gasteiger partial charge is 0.192 e. The van der Waals surface area contributed by atoms with E-state index in [9.17, 15) is 0 Å². The van der Waals surface area contributed by atoms with Gasteiger partial charge in [0.05, 0.1) is 6.07 Å². The molecule has 0 saturated heterocycles. The van der Waals surface area contributed by atoms with Crippen LogP contribution in [0.1, 0.15) is 5.56 Å². The number of rotatable bonds is 0. The van der Waals surface area contributed by atoms with Gasteiger partial charge in [0.2, 0.25) is 5.39 Å². The summed E-state index contributed by atoms with van der Waals surface area (Å²) >= 11 is 5.57. The fraction of sp³-hybridized carbons (Fsp3) is 0. The molecular weight excluding hydrogens is 162 g/mol. The van der Waals surface area contributed by atoms with E-state index in [-0.39, 0.29) is 5.69 Å². The van der Waals surface area contributed by atoms with Crippen LogP contribution in [-0.4, -0.2) is 0 Å². The highest BCUT2D eigenvalue weighted by Gasteiger charge is 2.12. The minimum absolute atomic E-state index is 0.194. The second-order valence-corrected chi connectivity index (χ2v) is 2.31. The molecule has 1 aromatic carbocycles. The summed E-state index contributed by atoms with van der Waals surface area (Å²) in [7, 11) is 0. The molecule has 1 rings (SSSR count). The van der Waals surface area contributed by atoms with Crippen molar-refractivity contribution in [3.05, 3.63) is 33.8 Å². The number of hydrogen-bond donors (Lipinski definition) is 0. The van der Waals surface area contributed by atoms with Gasteiger partial charge >= 0.3 is 5.69 Å². The number of halogens is 1. The SMILES string of the molecule is N#Cc1ccc(Cl)cc1[N+]#N. The molecule has 0 amide bonds. The molecule has 0 aromatic heterocycles. The zero-order chi connectivity index (χ0) is 8.27. The molecule has 0 atom stereocenters. The standard InChI is InChI=1S/C7H3ClN3/c8-6-2-1-5(4-9)7(3-6)11-10/h1-3H/q+1. The van der Waals surface area contributed by atoms with Crippen LogP contribution in [0.25, 0.3) is 4.98 Å². The van der Waals surface area contributed by atoms with Crippen LogP contribution in [0.15, 0.2) is 18.2 Å². The van der Waals surface area contributed by atoms with E-state index in [0.29, 0.717) is 10.6 Å². The Morgan fingerprint density at radius 3 is 2.73 bits per heavy atom. The fourth-order valence-electron chi connectivity index (χ4n) is 0.682. The van der Waals surface area contributed by atoms with E-state index in [4.69, 9.17) is 22.3 Å². The predicted octanol–water partition coefficient (Wildman–Crippen LogP) is 2.70. The van der Waals surface area contributed by atoms with E-state index in [1.165, 1.54) is 12.1 Å². The van der Waals surface area contributed by atoms with Gasteiger partial charge in [0, 0.05) is 5.02 Å². The van der Waals surface area contributed by atoms with E-state index in [1.54, 1.807) is 6.07 Å². The lowest BCUT2D eigenvalue weighted by Crippen LogP contribution is -1.72. The first-order chi connectivity index (χ1) is 5.27. The Balaban J connectivity index is 3.34. The first-order valence-electron chi connectivity index (χ1n) is 2.82. The number of nitriles is 1. The molecule has 52 valence electrons. The van der Waals surface area contributed by atoms with E-state index in [1.807, 2.05) is 6.07 Å². The van der Waals surface area contributed by atoms with E-state index < -0.39 is 0 Å². The van der Waals surface area contributed by atoms with Gasteiger partial charge in [-0.25, -0.2) is 0 Å². The highest BCUT2D eigenvalue weighted by Crippen LogP contribution is 2.22. The minimum atomic E-state index is 0.194. The van der Waals surface area contributed by atoms with Crippen LogP contribution in [0.5, 0.6) is 0 Å². The Labute approximate surface area is 68.5 Å². The second kappa shape index (κ2) is 3.01. The van der Waals surface area contributed by atoms with Crippen molar-refractivity contribution in [2.75, 3.05) is 0 Å². The molecule has 1 aromatic rings. The van der Waals surface area contributed by atoms with Crippen molar-refractivity contribution in [3.63, 3.8) is 0 Å². The van der Waals surface area contributed by atoms with E-state index in [0.717, 1.165) is 0 Å². The van der Waals surface area contributed by atoms with Crippen molar-refractivity contribution in [2.45, 2.75) is 0 Å². The van der Waals surface area contributed by atoms with Gasteiger partial charge in [0.25, 0.3) is 0 Å². The third-order valence-electron chi connectivity index (χ3n) is 1.19. The quantitative estimate of drug-likeness (QED) is 0.554. The van der Waals surface area contributed by atoms with Crippen LogP contribution in [0.2, 0.25) is 5.02 Å². The van der Waals surface area contributed by atoms with Crippen LogP contribution in [-0.2, 0) is 0 Å². The lowest BCUT2D eigenvalue weighted by atomic mass is 10.2. The number of benzene rings is 1. The largest absolute Gasteiger partial charge is 0.404 e. The van der Waals surface area contributed by atoms with Gasteiger partial charge in [-0.1, -0.05) is 11.6 Å². The number of nitrogens with zero attached hydrogens (tertiary/aromatic N) is 3. The summed E-state index contributed by atoms with van der Waals surface area (Å²) in [5.41, 5.74) is 0.497. The minimum Gasteiger partial charge on any atom is -0.192 e. The Morgan fingerprint density at radius 2 is 2.18 bits per heavy atom. The summed E-state index contributed by atoms with van der Waals surface area (Å²) in [5.74, 6) is 0. The van der Waals surface area contributed by atoms with E-state index >= 15 is 0 Å². The Morgan fingerprint density at radius 1 is 1.45 bits per heavy atom. The number of diazo groups is 1. The summed E-state index contributed by atoms with van der Waals surface area (Å²) in [6, 6.07) is 6.34. The summed E-state index contributed by atoms with van der Waals surface area (Å²) in [4.78, 5) is 2.90. The Kier molecular flexibility index (Phi) is 2.06. The normalized spacial score (nSPS) is 8.27. The molecule has 0 bridgehead atoms. The van der Waals surface area contributed by atoms with Crippen LogP contribution >= 0.6 is 11.6 Å². The highest BCUT2D eigenvalue weighted by atomic mass is 35.5. The maximum Gasteiger partial charge on any atom is 0.404 e. The summed E-state index contributed by atoms with van der Waals surface area (Å²) in [5, 5.41) is 17.3. The molecule has 3 nitrogen and oxygen atoms in total. The van der Waals surface area contributed by atoms with Crippen LogP contribution in [0.4, 0.5) is 5.69 Å². The van der Waals surface area contributed by atoms with Gasteiger partial charge in [-0.3, -0.25) is 0 Å². The van der Waals surface area contributed by atoms with Crippen molar-refractivity contribution < 1.29 is 0 Å².